The van der Waals surface area contributed by atoms with Crippen LogP contribution in [0.2, 0.25) is 0 Å². The summed E-state index contributed by atoms with van der Waals surface area (Å²) in [5, 5.41) is 3.46. The van der Waals surface area contributed by atoms with Gasteiger partial charge in [0, 0.05) is 6.61 Å². The Hall–Kier alpha value is -0.860. The molecule has 0 unspecified atom stereocenters. The van der Waals surface area contributed by atoms with Gasteiger partial charge >= 0.3 is 0 Å². The molecule has 0 radical (unpaired) electrons. The first-order valence-corrected chi connectivity index (χ1v) is 7.11. The predicted octanol–water partition coefficient (Wildman–Crippen LogP) is 3.62. The Kier molecular flexibility index (Phi) is 8.53. The smallest absolute Gasteiger partial charge is 0.0716 e. The van der Waals surface area contributed by atoms with Crippen LogP contribution in [0.15, 0.2) is 30.3 Å². The SMILES string of the molecule is CC(C)CNCCCCCOCc1ccccc1. The molecule has 0 bridgehead atoms. The van der Waals surface area contributed by atoms with Crippen LogP contribution in [0.4, 0.5) is 0 Å². The van der Waals surface area contributed by atoms with Crippen molar-refractivity contribution in [3.8, 4) is 0 Å². The standard InChI is InChI=1S/C16H27NO/c1-15(2)13-17-11-7-4-8-12-18-14-16-9-5-3-6-10-16/h3,5-6,9-10,15,17H,4,7-8,11-14H2,1-2H3. The van der Waals surface area contributed by atoms with E-state index >= 15 is 0 Å². The summed E-state index contributed by atoms with van der Waals surface area (Å²) < 4.78 is 5.64. The van der Waals surface area contributed by atoms with E-state index in [9.17, 15) is 0 Å². The molecule has 0 fully saturated rings. The van der Waals surface area contributed by atoms with E-state index in [1.807, 2.05) is 6.07 Å². The molecule has 18 heavy (non-hydrogen) atoms. The second-order valence-electron chi connectivity index (χ2n) is 5.20. The fraction of sp³-hybridized carbons (Fsp3) is 0.625. The van der Waals surface area contributed by atoms with Crippen molar-refractivity contribution >= 4 is 0 Å². The predicted molar refractivity (Wildman–Crippen MR) is 77.7 cm³/mol. The highest BCUT2D eigenvalue weighted by atomic mass is 16.5. The molecule has 0 spiro atoms. The van der Waals surface area contributed by atoms with Crippen LogP contribution < -0.4 is 5.32 Å². The summed E-state index contributed by atoms with van der Waals surface area (Å²) in [5.41, 5.74) is 1.26. The number of unbranched alkanes of at least 4 members (excludes halogenated alkanes) is 2. The normalized spacial score (nSPS) is 11.1. The van der Waals surface area contributed by atoms with E-state index in [-0.39, 0.29) is 0 Å². The van der Waals surface area contributed by atoms with Crippen LogP contribution in [-0.2, 0) is 11.3 Å². The van der Waals surface area contributed by atoms with Gasteiger partial charge in [0.15, 0.2) is 0 Å². The zero-order valence-corrected chi connectivity index (χ0v) is 11.8. The van der Waals surface area contributed by atoms with Gasteiger partial charge in [-0.15, -0.1) is 0 Å². The molecule has 0 aliphatic heterocycles. The summed E-state index contributed by atoms with van der Waals surface area (Å²) in [5.74, 6) is 0.749. The van der Waals surface area contributed by atoms with Crippen LogP contribution in [0.25, 0.3) is 0 Å². The van der Waals surface area contributed by atoms with E-state index in [1.54, 1.807) is 0 Å². The lowest BCUT2D eigenvalue weighted by atomic mass is 10.2. The van der Waals surface area contributed by atoms with E-state index in [1.165, 1.54) is 18.4 Å². The molecule has 0 amide bonds. The van der Waals surface area contributed by atoms with Gasteiger partial charge in [-0.25, -0.2) is 0 Å². The third kappa shape index (κ3) is 8.26. The molecule has 2 heteroatoms. The maximum atomic E-state index is 5.64. The zero-order valence-electron chi connectivity index (χ0n) is 11.8. The van der Waals surface area contributed by atoms with Gasteiger partial charge in [0.2, 0.25) is 0 Å². The Morgan fingerprint density at radius 2 is 1.83 bits per heavy atom. The van der Waals surface area contributed by atoms with Crippen molar-refractivity contribution in [3.05, 3.63) is 35.9 Å². The van der Waals surface area contributed by atoms with Crippen molar-refractivity contribution in [2.24, 2.45) is 5.92 Å². The lowest BCUT2D eigenvalue weighted by Crippen LogP contribution is -2.20. The molecule has 1 aromatic carbocycles. The molecule has 0 saturated heterocycles. The van der Waals surface area contributed by atoms with Crippen molar-refractivity contribution < 1.29 is 4.74 Å². The minimum atomic E-state index is 0.742. The Morgan fingerprint density at radius 3 is 2.56 bits per heavy atom. The molecular formula is C16H27NO. The summed E-state index contributed by atoms with van der Waals surface area (Å²) in [6, 6.07) is 10.4. The summed E-state index contributed by atoms with van der Waals surface area (Å²) in [4.78, 5) is 0. The maximum absolute atomic E-state index is 5.64. The van der Waals surface area contributed by atoms with E-state index in [0.717, 1.165) is 38.6 Å². The number of hydrogen-bond acceptors (Lipinski definition) is 2. The second kappa shape index (κ2) is 10.1. The fourth-order valence-corrected chi connectivity index (χ4v) is 1.79. The second-order valence-corrected chi connectivity index (χ2v) is 5.20. The van der Waals surface area contributed by atoms with E-state index < -0.39 is 0 Å². The molecule has 102 valence electrons. The van der Waals surface area contributed by atoms with E-state index in [0.29, 0.717) is 0 Å². The Labute approximate surface area is 112 Å². The molecule has 1 rings (SSSR count). The van der Waals surface area contributed by atoms with Crippen molar-refractivity contribution in [1.29, 1.82) is 0 Å². The summed E-state index contributed by atoms with van der Waals surface area (Å²) >= 11 is 0. The molecular weight excluding hydrogens is 222 g/mol. The van der Waals surface area contributed by atoms with E-state index in [2.05, 4.69) is 43.4 Å². The first-order valence-electron chi connectivity index (χ1n) is 7.11. The van der Waals surface area contributed by atoms with Crippen LogP contribution in [-0.4, -0.2) is 19.7 Å². The maximum Gasteiger partial charge on any atom is 0.0716 e. The highest BCUT2D eigenvalue weighted by Crippen LogP contribution is 2.02. The molecule has 0 heterocycles. The van der Waals surface area contributed by atoms with Gasteiger partial charge in [-0.1, -0.05) is 44.2 Å². The third-order valence-corrected chi connectivity index (χ3v) is 2.81. The minimum absolute atomic E-state index is 0.742. The first kappa shape index (κ1) is 15.2. The summed E-state index contributed by atoms with van der Waals surface area (Å²) in [7, 11) is 0. The van der Waals surface area contributed by atoms with Gasteiger partial charge < -0.3 is 10.1 Å². The highest BCUT2D eigenvalue weighted by molar-refractivity contribution is 5.13. The average molecular weight is 249 g/mol. The Balaban J connectivity index is 1.84. The van der Waals surface area contributed by atoms with Crippen molar-refractivity contribution in [1.82, 2.24) is 5.32 Å². The van der Waals surface area contributed by atoms with Gasteiger partial charge in [-0.3, -0.25) is 0 Å². The van der Waals surface area contributed by atoms with Gasteiger partial charge in [0.25, 0.3) is 0 Å². The molecule has 2 nitrogen and oxygen atoms in total. The largest absolute Gasteiger partial charge is 0.377 e. The zero-order chi connectivity index (χ0) is 13.1. The monoisotopic (exact) mass is 249 g/mol. The van der Waals surface area contributed by atoms with Crippen LogP contribution in [0.1, 0.15) is 38.7 Å². The number of benzene rings is 1. The Morgan fingerprint density at radius 1 is 1.06 bits per heavy atom. The van der Waals surface area contributed by atoms with Gasteiger partial charge in [-0.05, 0) is 43.8 Å². The number of hydrogen-bond donors (Lipinski definition) is 1. The topological polar surface area (TPSA) is 21.3 Å². The van der Waals surface area contributed by atoms with Crippen LogP contribution in [0, 0.1) is 5.92 Å². The molecule has 1 aromatic rings. The lowest BCUT2D eigenvalue weighted by Gasteiger charge is -2.07. The lowest BCUT2D eigenvalue weighted by molar-refractivity contribution is 0.117. The van der Waals surface area contributed by atoms with E-state index in [4.69, 9.17) is 4.74 Å². The van der Waals surface area contributed by atoms with Crippen LogP contribution in [0.3, 0.4) is 0 Å². The number of ether oxygens (including phenoxy) is 1. The van der Waals surface area contributed by atoms with Crippen LogP contribution in [0.5, 0.6) is 0 Å². The molecule has 0 aromatic heterocycles. The number of rotatable bonds is 10. The highest BCUT2D eigenvalue weighted by Gasteiger charge is 1.94. The molecule has 1 N–H and O–H groups in total. The average Bonchev–Trinajstić information content (AvgIpc) is 2.37. The molecule has 0 saturated carbocycles. The molecule has 0 atom stereocenters. The van der Waals surface area contributed by atoms with Gasteiger partial charge in [0.1, 0.15) is 0 Å². The van der Waals surface area contributed by atoms with Crippen LogP contribution >= 0.6 is 0 Å². The van der Waals surface area contributed by atoms with Gasteiger partial charge in [-0.2, -0.15) is 0 Å². The molecule has 0 aliphatic carbocycles. The first-order chi connectivity index (χ1) is 8.79. The quantitative estimate of drug-likeness (QED) is 0.639. The molecule has 0 aliphatic rings. The Bertz CT molecular complexity index is 284. The number of nitrogens with one attached hydrogen (secondary N) is 1. The van der Waals surface area contributed by atoms with Crippen molar-refractivity contribution in [2.45, 2.75) is 39.7 Å². The summed E-state index contributed by atoms with van der Waals surface area (Å²) in [6.07, 6.45) is 3.66. The summed E-state index contributed by atoms with van der Waals surface area (Å²) in [6.45, 7) is 8.36. The fourth-order valence-electron chi connectivity index (χ4n) is 1.79. The minimum Gasteiger partial charge on any atom is -0.377 e. The van der Waals surface area contributed by atoms with Gasteiger partial charge in [0.05, 0.1) is 6.61 Å². The van der Waals surface area contributed by atoms with Crippen molar-refractivity contribution in [3.63, 3.8) is 0 Å². The third-order valence-electron chi connectivity index (χ3n) is 2.81. The van der Waals surface area contributed by atoms with Crippen molar-refractivity contribution in [2.75, 3.05) is 19.7 Å².